The van der Waals surface area contributed by atoms with E-state index in [4.69, 9.17) is 4.74 Å². The van der Waals surface area contributed by atoms with Crippen LogP contribution in [0.1, 0.15) is 24.7 Å². The summed E-state index contributed by atoms with van der Waals surface area (Å²) in [4.78, 5) is 15.1. The van der Waals surface area contributed by atoms with Crippen LogP contribution < -0.4 is 4.74 Å². The number of benzene rings is 2. The van der Waals surface area contributed by atoms with E-state index in [0.29, 0.717) is 24.1 Å². The van der Waals surface area contributed by atoms with Gasteiger partial charge in [-0.3, -0.25) is 4.79 Å². The normalized spacial score (nSPS) is 11.9. The van der Waals surface area contributed by atoms with Gasteiger partial charge in [0, 0.05) is 20.1 Å². The molecule has 0 fully saturated rings. The number of hydrogen-bond donors (Lipinski definition) is 0. The summed E-state index contributed by atoms with van der Waals surface area (Å²) in [6.07, 6.45) is 0. The van der Waals surface area contributed by atoms with E-state index in [0.717, 1.165) is 16.9 Å². The molecule has 3 rings (SSSR count). The molecule has 0 saturated carbocycles. The molecule has 3 aromatic rings. The highest BCUT2D eigenvalue weighted by Crippen LogP contribution is 2.37. The highest BCUT2D eigenvalue weighted by atomic mass is 32.2. The van der Waals surface area contributed by atoms with Gasteiger partial charge in [-0.15, -0.1) is 10.2 Å². The van der Waals surface area contributed by atoms with Crippen molar-refractivity contribution in [2.24, 2.45) is 7.05 Å². The Bertz CT molecular complexity index is 954. The minimum Gasteiger partial charge on any atom is -0.496 e. The maximum Gasteiger partial charge on any atom is 0.240 e. The van der Waals surface area contributed by atoms with Crippen molar-refractivity contribution < 1.29 is 9.53 Å². The molecular formula is C22H26N4O2S. The lowest BCUT2D eigenvalue weighted by Crippen LogP contribution is -2.34. The van der Waals surface area contributed by atoms with Gasteiger partial charge in [-0.25, -0.2) is 0 Å². The molecule has 7 heteroatoms. The Balaban J connectivity index is 1.97. The zero-order valence-electron chi connectivity index (χ0n) is 17.2. The third-order valence-corrected chi connectivity index (χ3v) is 6.08. The van der Waals surface area contributed by atoms with Crippen molar-refractivity contribution in [3.8, 4) is 17.1 Å². The van der Waals surface area contributed by atoms with Gasteiger partial charge in [0.15, 0.2) is 11.0 Å². The molecule has 1 atom stereocenters. The van der Waals surface area contributed by atoms with Gasteiger partial charge in [-0.05, 0) is 31.5 Å². The highest BCUT2D eigenvalue weighted by molar-refractivity contribution is 8.00. The van der Waals surface area contributed by atoms with Crippen LogP contribution in [-0.2, 0) is 11.8 Å². The Kier molecular flexibility index (Phi) is 6.93. The third kappa shape index (κ3) is 4.45. The fourth-order valence-electron chi connectivity index (χ4n) is 3.18. The summed E-state index contributed by atoms with van der Waals surface area (Å²) in [5.74, 6) is 1.51. The SMILES string of the molecule is CCN(CC)C(=O)[C@@H](Sc1nnc(-c2ccccc2OC)n1C)c1ccccc1. The number of nitrogens with zero attached hydrogens (tertiary/aromatic N) is 4. The van der Waals surface area contributed by atoms with E-state index in [9.17, 15) is 4.79 Å². The molecule has 6 nitrogen and oxygen atoms in total. The topological polar surface area (TPSA) is 60.3 Å². The fraction of sp³-hybridized carbons (Fsp3) is 0.318. The van der Waals surface area contributed by atoms with Crippen LogP contribution in [0, 0.1) is 0 Å². The first-order valence-corrected chi connectivity index (χ1v) is 10.5. The highest BCUT2D eigenvalue weighted by Gasteiger charge is 2.28. The fourth-order valence-corrected chi connectivity index (χ4v) is 4.26. The van der Waals surface area contributed by atoms with Gasteiger partial charge in [0.25, 0.3) is 0 Å². The summed E-state index contributed by atoms with van der Waals surface area (Å²) in [7, 11) is 3.55. The number of amides is 1. The van der Waals surface area contributed by atoms with E-state index in [-0.39, 0.29) is 11.2 Å². The number of likely N-dealkylation sites (N-methyl/N-ethyl adjacent to an activating group) is 1. The molecule has 0 radical (unpaired) electrons. The molecule has 0 spiro atoms. The molecule has 1 heterocycles. The van der Waals surface area contributed by atoms with Gasteiger partial charge in [-0.1, -0.05) is 54.2 Å². The summed E-state index contributed by atoms with van der Waals surface area (Å²) in [6.45, 7) is 5.33. The van der Waals surface area contributed by atoms with Gasteiger partial charge in [0.2, 0.25) is 5.91 Å². The predicted octanol–water partition coefficient (Wildman–Crippen LogP) is 4.19. The minimum absolute atomic E-state index is 0.0769. The zero-order valence-corrected chi connectivity index (χ0v) is 18.0. The lowest BCUT2D eigenvalue weighted by atomic mass is 10.1. The van der Waals surface area contributed by atoms with Crippen molar-refractivity contribution in [1.29, 1.82) is 0 Å². The molecule has 2 aromatic carbocycles. The Morgan fingerprint density at radius 2 is 1.72 bits per heavy atom. The second-order valence-corrected chi connectivity index (χ2v) is 7.56. The van der Waals surface area contributed by atoms with Crippen LogP contribution in [0.25, 0.3) is 11.4 Å². The van der Waals surface area contributed by atoms with Crippen LogP contribution in [0.5, 0.6) is 5.75 Å². The Morgan fingerprint density at radius 1 is 1.07 bits per heavy atom. The van der Waals surface area contributed by atoms with Gasteiger partial charge in [-0.2, -0.15) is 0 Å². The molecule has 0 aliphatic rings. The van der Waals surface area contributed by atoms with Crippen molar-refractivity contribution in [1.82, 2.24) is 19.7 Å². The van der Waals surface area contributed by atoms with E-state index in [1.807, 2.05) is 85.0 Å². The van der Waals surface area contributed by atoms with E-state index in [2.05, 4.69) is 10.2 Å². The lowest BCUT2D eigenvalue weighted by molar-refractivity contribution is -0.130. The lowest BCUT2D eigenvalue weighted by Gasteiger charge is -2.24. The summed E-state index contributed by atoms with van der Waals surface area (Å²) >= 11 is 1.42. The largest absolute Gasteiger partial charge is 0.496 e. The summed E-state index contributed by atoms with van der Waals surface area (Å²) in [5, 5.41) is 9.04. The second kappa shape index (κ2) is 9.60. The number of rotatable bonds is 8. The number of methoxy groups -OCH3 is 1. The Labute approximate surface area is 175 Å². The maximum atomic E-state index is 13.2. The van der Waals surface area contributed by atoms with Crippen molar-refractivity contribution in [3.63, 3.8) is 0 Å². The first kappa shape index (κ1) is 20.9. The molecule has 0 bridgehead atoms. The van der Waals surface area contributed by atoms with Crippen molar-refractivity contribution >= 4 is 17.7 Å². The molecule has 0 unspecified atom stereocenters. The molecule has 1 aromatic heterocycles. The summed E-state index contributed by atoms with van der Waals surface area (Å²) in [5.41, 5.74) is 1.82. The first-order valence-electron chi connectivity index (χ1n) is 9.63. The summed E-state index contributed by atoms with van der Waals surface area (Å²) in [6, 6.07) is 17.5. The van der Waals surface area contributed by atoms with Crippen LogP contribution >= 0.6 is 11.8 Å². The molecule has 0 aliphatic carbocycles. The standard InChI is InChI=1S/C22H26N4O2S/c1-5-26(6-2)21(27)19(16-12-8-7-9-13-16)29-22-24-23-20(25(22)3)17-14-10-11-15-18(17)28-4/h7-15,19H,5-6H2,1-4H3/t19-/m0/s1. The van der Waals surface area contributed by atoms with Crippen molar-refractivity contribution in [2.45, 2.75) is 24.3 Å². The van der Waals surface area contributed by atoms with Crippen LogP contribution in [-0.4, -0.2) is 45.8 Å². The number of para-hydroxylation sites is 1. The second-order valence-electron chi connectivity index (χ2n) is 6.48. The average molecular weight is 411 g/mol. The number of carbonyl (C=O) groups is 1. The third-order valence-electron chi connectivity index (χ3n) is 4.81. The van der Waals surface area contributed by atoms with Gasteiger partial charge in [0.05, 0.1) is 12.7 Å². The van der Waals surface area contributed by atoms with Crippen molar-refractivity contribution in [2.75, 3.05) is 20.2 Å². The molecule has 1 amide bonds. The number of ether oxygens (including phenoxy) is 1. The van der Waals surface area contributed by atoms with Crippen LogP contribution in [0.2, 0.25) is 0 Å². The predicted molar refractivity (Wildman–Crippen MR) is 116 cm³/mol. The molecule has 0 N–H and O–H groups in total. The van der Waals surface area contributed by atoms with Gasteiger partial charge < -0.3 is 14.2 Å². The Hall–Kier alpha value is -2.80. The first-order chi connectivity index (χ1) is 14.1. The zero-order chi connectivity index (χ0) is 20.8. The van der Waals surface area contributed by atoms with E-state index < -0.39 is 0 Å². The number of thioether (sulfide) groups is 1. The molecule has 0 aliphatic heterocycles. The molecule has 152 valence electrons. The monoisotopic (exact) mass is 410 g/mol. The number of hydrogen-bond acceptors (Lipinski definition) is 5. The van der Waals surface area contributed by atoms with Crippen molar-refractivity contribution in [3.05, 3.63) is 60.2 Å². The van der Waals surface area contributed by atoms with E-state index in [1.165, 1.54) is 11.8 Å². The average Bonchev–Trinajstić information content (AvgIpc) is 3.13. The maximum absolute atomic E-state index is 13.2. The van der Waals surface area contributed by atoms with E-state index in [1.54, 1.807) is 7.11 Å². The summed E-state index contributed by atoms with van der Waals surface area (Å²) < 4.78 is 7.38. The van der Waals surface area contributed by atoms with Crippen LogP contribution in [0.15, 0.2) is 59.8 Å². The van der Waals surface area contributed by atoms with E-state index >= 15 is 0 Å². The molecule has 29 heavy (non-hydrogen) atoms. The number of aromatic nitrogens is 3. The van der Waals surface area contributed by atoms with Gasteiger partial charge >= 0.3 is 0 Å². The Morgan fingerprint density at radius 3 is 2.38 bits per heavy atom. The quantitative estimate of drug-likeness (QED) is 0.521. The number of carbonyl (C=O) groups excluding carboxylic acids is 1. The van der Waals surface area contributed by atoms with Crippen LogP contribution in [0.3, 0.4) is 0 Å². The molecular weight excluding hydrogens is 384 g/mol. The van der Waals surface area contributed by atoms with Crippen LogP contribution in [0.4, 0.5) is 0 Å². The minimum atomic E-state index is -0.385. The smallest absolute Gasteiger partial charge is 0.240 e. The van der Waals surface area contributed by atoms with Gasteiger partial charge in [0.1, 0.15) is 11.0 Å². The molecule has 0 saturated heterocycles.